The third-order valence-electron chi connectivity index (χ3n) is 4.72. The molecular formula is C20H24N6. The van der Waals surface area contributed by atoms with Gasteiger partial charge in [0.05, 0.1) is 35.0 Å². The zero-order chi connectivity index (χ0) is 18.5. The normalized spacial score (nSPS) is 13.0. The Hall–Kier alpha value is -2.76. The molecule has 0 amide bonds. The van der Waals surface area contributed by atoms with E-state index in [1.165, 1.54) is 0 Å². The zero-order valence-corrected chi connectivity index (χ0v) is 15.9. The van der Waals surface area contributed by atoms with Gasteiger partial charge in [0.15, 0.2) is 5.65 Å². The second kappa shape index (κ2) is 5.62. The van der Waals surface area contributed by atoms with Crippen LogP contribution in [0.3, 0.4) is 0 Å². The van der Waals surface area contributed by atoms with Crippen molar-refractivity contribution in [1.29, 1.82) is 0 Å². The van der Waals surface area contributed by atoms with Gasteiger partial charge in [-0.3, -0.25) is 4.98 Å². The minimum Gasteiger partial charge on any atom is -0.257 e. The molecule has 0 aromatic carbocycles. The van der Waals surface area contributed by atoms with Crippen LogP contribution in [-0.4, -0.2) is 29.2 Å². The highest BCUT2D eigenvalue weighted by Crippen LogP contribution is 2.27. The smallest absolute Gasteiger partial charge is 0.155 e. The molecule has 0 unspecified atom stereocenters. The second-order valence-corrected chi connectivity index (χ2v) is 8.54. The average molecular weight is 348 g/mol. The van der Waals surface area contributed by atoms with E-state index >= 15 is 0 Å². The lowest BCUT2D eigenvalue weighted by Crippen LogP contribution is -2.22. The fourth-order valence-electron chi connectivity index (χ4n) is 3.09. The monoisotopic (exact) mass is 348 g/mol. The fraction of sp³-hybridized carbons (Fsp3) is 0.400. The first-order valence-corrected chi connectivity index (χ1v) is 8.88. The van der Waals surface area contributed by atoms with E-state index < -0.39 is 0 Å². The van der Waals surface area contributed by atoms with Crippen molar-refractivity contribution < 1.29 is 0 Å². The molecule has 0 saturated heterocycles. The standard InChI is InChI=1S/C20H24N6/c1-19(2,3)16-9-15-12-22-14(13-26(15)23-16)11-20(4,5)17-10-18-21-7-6-8-25(18)24-17/h6-10,12-13H,11H2,1-5H3. The third-order valence-corrected chi connectivity index (χ3v) is 4.72. The molecule has 0 aliphatic rings. The predicted molar refractivity (Wildman–Crippen MR) is 101 cm³/mol. The van der Waals surface area contributed by atoms with Crippen LogP contribution in [0.5, 0.6) is 0 Å². The van der Waals surface area contributed by atoms with E-state index in [4.69, 9.17) is 5.10 Å². The highest BCUT2D eigenvalue weighted by atomic mass is 15.2. The number of aromatic nitrogens is 6. The summed E-state index contributed by atoms with van der Waals surface area (Å²) in [4.78, 5) is 9.02. The van der Waals surface area contributed by atoms with Crippen molar-refractivity contribution in [3.05, 3.63) is 60.1 Å². The van der Waals surface area contributed by atoms with E-state index in [-0.39, 0.29) is 10.8 Å². The molecule has 0 spiro atoms. The third kappa shape index (κ3) is 2.96. The lowest BCUT2D eigenvalue weighted by molar-refractivity contribution is 0.493. The Morgan fingerprint density at radius 2 is 1.69 bits per heavy atom. The molecule has 0 atom stereocenters. The summed E-state index contributed by atoms with van der Waals surface area (Å²) in [6.07, 6.45) is 8.41. The zero-order valence-electron chi connectivity index (χ0n) is 15.9. The molecule has 4 heterocycles. The van der Waals surface area contributed by atoms with Gasteiger partial charge in [-0.2, -0.15) is 10.2 Å². The maximum absolute atomic E-state index is 4.73. The van der Waals surface area contributed by atoms with Gasteiger partial charge in [0.25, 0.3) is 0 Å². The topological polar surface area (TPSA) is 60.4 Å². The summed E-state index contributed by atoms with van der Waals surface area (Å²) >= 11 is 0. The quantitative estimate of drug-likeness (QED) is 0.568. The molecule has 0 saturated carbocycles. The second-order valence-electron chi connectivity index (χ2n) is 8.54. The van der Waals surface area contributed by atoms with Crippen LogP contribution in [0.4, 0.5) is 0 Å². The van der Waals surface area contributed by atoms with Crippen molar-refractivity contribution in [3.63, 3.8) is 0 Å². The first kappa shape index (κ1) is 16.7. The van der Waals surface area contributed by atoms with E-state index in [0.29, 0.717) is 0 Å². The van der Waals surface area contributed by atoms with Gasteiger partial charge >= 0.3 is 0 Å². The summed E-state index contributed by atoms with van der Waals surface area (Å²) in [5.41, 5.74) is 4.82. The average Bonchev–Trinajstić information content (AvgIpc) is 3.18. The van der Waals surface area contributed by atoms with Gasteiger partial charge in [0.1, 0.15) is 0 Å². The maximum atomic E-state index is 4.73. The van der Waals surface area contributed by atoms with Gasteiger partial charge in [0.2, 0.25) is 0 Å². The number of rotatable bonds is 3. The summed E-state index contributed by atoms with van der Waals surface area (Å²) in [6.45, 7) is 10.9. The molecule has 134 valence electrons. The molecule has 4 aromatic rings. The van der Waals surface area contributed by atoms with Crippen molar-refractivity contribution in [2.75, 3.05) is 0 Å². The van der Waals surface area contributed by atoms with Crippen LogP contribution in [0.1, 0.15) is 51.7 Å². The summed E-state index contributed by atoms with van der Waals surface area (Å²) in [5.74, 6) is 0. The Balaban J connectivity index is 1.66. The van der Waals surface area contributed by atoms with Crippen LogP contribution >= 0.6 is 0 Å². The Kier molecular flexibility index (Phi) is 3.61. The molecule has 26 heavy (non-hydrogen) atoms. The SMILES string of the molecule is CC(C)(C)c1cc2cnc(CC(C)(C)c3cc4ncccn4n3)cn2n1. The molecule has 6 heteroatoms. The van der Waals surface area contributed by atoms with Crippen LogP contribution in [0.15, 0.2) is 43.0 Å². The largest absolute Gasteiger partial charge is 0.257 e. The Labute approximate surface area is 152 Å². The fourth-order valence-corrected chi connectivity index (χ4v) is 3.09. The Morgan fingerprint density at radius 1 is 0.923 bits per heavy atom. The van der Waals surface area contributed by atoms with Gasteiger partial charge in [-0.1, -0.05) is 34.6 Å². The van der Waals surface area contributed by atoms with Gasteiger partial charge in [0, 0.05) is 35.7 Å². The summed E-state index contributed by atoms with van der Waals surface area (Å²) in [7, 11) is 0. The lowest BCUT2D eigenvalue weighted by Gasteiger charge is -2.21. The lowest BCUT2D eigenvalue weighted by atomic mass is 9.84. The first-order valence-electron chi connectivity index (χ1n) is 8.88. The summed E-state index contributed by atoms with van der Waals surface area (Å²) < 4.78 is 3.75. The minimum atomic E-state index is -0.158. The van der Waals surface area contributed by atoms with E-state index in [1.807, 2.05) is 39.8 Å². The summed E-state index contributed by atoms with van der Waals surface area (Å²) in [5, 5.41) is 9.41. The number of hydrogen-bond donors (Lipinski definition) is 0. The van der Waals surface area contributed by atoms with Crippen molar-refractivity contribution in [2.24, 2.45) is 0 Å². The predicted octanol–water partition coefficient (Wildman–Crippen LogP) is 3.59. The van der Waals surface area contributed by atoms with Crippen LogP contribution < -0.4 is 0 Å². The highest BCUT2D eigenvalue weighted by molar-refractivity contribution is 5.47. The Morgan fingerprint density at radius 3 is 2.42 bits per heavy atom. The molecule has 4 rings (SSSR count). The van der Waals surface area contributed by atoms with Crippen LogP contribution in [0, 0.1) is 0 Å². The highest BCUT2D eigenvalue weighted by Gasteiger charge is 2.26. The van der Waals surface area contributed by atoms with E-state index in [0.717, 1.165) is 34.7 Å². The molecule has 0 bridgehead atoms. The number of fused-ring (bicyclic) bond motifs is 2. The molecule has 0 aliphatic heterocycles. The van der Waals surface area contributed by atoms with E-state index in [2.05, 4.69) is 55.8 Å². The Bertz CT molecular complexity index is 1050. The van der Waals surface area contributed by atoms with Crippen molar-refractivity contribution in [2.45, 2.75) is 51.9 Å². The molecule has 0 radical (unpaired) electrons. The van der Waals surface area contributed by atoms with Gasteiger partial charge in [-0.05, 0) is 12.1 Å². The molecular weight excluding hydrogens is 324 g/mol. The van der Waals surface area contributed by atoms with Crippen LogP contribution in [0.25, 0.3) is 11.2 Å². The van der Waals surface area contributed by atoms with Crippen molar-refractivity contribution >= 4 is 11.2 Å². The van der Waals surface area contributed by atoms with Crippen LogP contribution in [-0.2, 0) is 17.3 Å². The molecule has 0 fully saturated rings. The van der Waals surface area contributed by atoms with Crippen molar-refractivity contribution in [3.8, 4) is 0 Å². The maximum Gasteiger partial charge on any atom is 0.155 e. The first-order chi connectivity index (χ1) is 12.2. The van der Waals surface area contributed by atoms with E-state index in [9.17, 15) is 0 Å². The molecule has 6 nitrogen and oxygen atoms in total. The molecule has 0 N–H and O–H groups in total. The number of hydrogen-bond acceptors (Lipinski definition) is 4. The summed E-state index contributed by atoms with van der Waals surface area (Å²) in [6, 6.07) is 6.04. The van der Waals surface area contributed by atoms with Crippen molar-refractivity contribution in [1.82, 2.24) is 29.2 Å². The number of nitrogens with zero attached hydrogens (tertiary/aromatic N) is 6. The minimum absolute atomic E-state index is 0.0228. The van der Waals surface area contributed by atoms with Gasteiger partial charge < -0.3 is 0 Å². The van der Waals surface area contributed by atoms with Gasteiger partial charge in [-0.25, -0.2) is 14.0 Å². The molecule has 4 aromatic heterocycles. The van der Waals surface area contributed by atoms with Crippen LogP contribution in [0.2, 0.25) is 0 Å². The van der Waals surface area contributed by atoms with Gasteiger partial charge in [-0.15, -0.1) is 0 Å². The van der Waals surface area contributed by atoms with E-state index in [1.54, 1.807) is 6.20 Å². The molecule has 0 aliphatic carbocycles.